The number of hydrogen-bond donors (Lipinski definition) is 1. The van der Waals surface area contributed by atoms with Crippen LogP contribution in [0.2, 0.25) is 0 Å². The molecule has 128 valence electrons. The van der Waals surface area contributed by atoms with Crippen LogP contribution in [0.4, 0.5) is 0 Å². The fourth-order valence-corrected chi connectivity index (χ4v) is 6.15. The molecule has 3 aliphatic rings. The number of allylic oxidation sites excluding steroid dienone is 1. The zero-order chi connectivity index (χ0) is 17.2. The van der Waals surface area contributed by atoms with E-state index in [4.69, 9.17) is 0 Å². The molecule has 0 heterocycles. The van der Waals surface area contributed by atoms with Crippen LogP contribution in [-0.2, 0) is 9.59 Å². The molecule has 0 radical (unpaired) electrons. The zero-order valence-corrected chi connectivity index (χ0v) is 14.9. The molecular formula is C20H30O3. The first-order valence-corrected chi connectivity index (χ1v) is 9.02. The monoisotopic (exact) mass is 318 g/mol. The second kappa shape index (κ2) is 5.02. The average molecular weight is 318 g/mol. The molecule has 3 fully saturated rings. The van der Waals surface area contributed by atoms with E-state index in [0.29, 0.717) is 12.8 Å². The number of ketones is 2. The smallest absolute Gasteiger partial charge is 0.145 e. The molecule has 23 heavy (non-hydrogen) atoms. The van der Waals surface area contributed by atoms with Gasteiger partial charge in [0.05, 0.1) is 6.10 Å². The van der Waals surface area contributed by atoms with Crippen LogP contribution in [0.1, 0.15) is 59.8 Å². The second-order valence-corrected chi connectivity index (χ2v) is 8.87. The van der Waals surface area contributed by atoms with Crippen molar-refractivity contribution in [3.8, 4) is 0 Å². The van der Waals surface area contributed by atoms with Gasteiger partial charge in [-0.25, -0.2) is 0 Å². The maximum atomic E-state index is 13.2. The molecule has 1 N–H and O–H groups in total. The molecule has 2 bridgehead atoms. The van der Waals surface area contributed by atoms with Gasteiger partial charge in [0.25, 0.3) is 0 Å². The van der Waals surface area contributed by atoms with Crippen molar-refractivity contribution in [2.45, 2.75) is 65.9 Å². The predicted molar refractivity (Wildman–Crippen MR) is 89.8 cm³/mol. The minimum atomic E-state index is -0.708. The van der Waals surface area contributed by atoms with Gasteiger partial charge in [-0.15, -0.1) is 6.58 Å². The van der Waals surface area contributed by atoms with Gasteiger partial charge in [-0.3, -0.25) is 9.59 Å². The molecular weight excluding hydrogens is 288 g/mol. The third-order valence-corrected chi connectivity index (χ3v) is 8.06. The van der Waals surface area contributed by atoms with Crippen LogP contribution in [0.5, 0.6) is 0 Å². The number of carbonyl (C=O) groups is 2. The molecule has 7 atom stereocenters. The van der Waals surface area contributed by atoms with Crippen molar-refractivity contribution in [3.05, 3.63) is 12.7 Å². The summed E-state index contributed by atoms with van der Waals surface area (Å²) >= 11 is 0. The summed E-state index contributed by atoms with van der Waals surface area (Å²) in [4.78, 5) is 26.1. The Morgan fingerprint density at radius 3 is 2.48 bits per heavy atom. The van der Waals surface area contributed by atoms with Crippen LogP contribution in [0.3, 0.4) is 0 Å². The summed E-state index contributed by atoms with van der Waals surface area (Å²) < 4.78 is 0. The molecule has 3 saturated carbocycles. The van der Waals surface area contributed by atoms with E-state index in [2.05, 4.69) is 20.4 Å². The number of carbonyl (C=O) groups excluding carboxylic acids is 2. The van der Waals surface area contributed by atoms with Gasteiger partial charge in [-0.05, 0) is 43.9 Å². The molecule has 4 unspecified atom stereocenters. The summed E-state index contributed by atoms with van der Waals surface area (Å²) in [6.07, 6.45) is 4.71. The Labute approximate surface area is 139 Å². The lowest BCUT2D eigenvalue weighted by atomic mass is 9.44. The SMILES string of the molecule is C=C[C@]1(C)C[C@@H](O)C2(C)C(C)CCC3(CCC(=O)C32)[C@@H](C)C1=O. The number of Topliss-reactive ketones (excluding diaryl/α,β-unsaturated/α-hetero) is 2. The topological polar surface area (TPSA) is 54.4 Å². The molecule has 3 rings (SSSR count). The lowest BCUT2D eigenvalue weighted by molar-refractivity contribution is -0.175. The van der Waals surface area contributed by atoms with Gasteiger partial charge in [-0.1, -0.05) is 26.8 Å². The highest BCUT2D eigenvalue weighted by Crippen LogP contribution is 2.66. The fraction of sp³-hybridized carbons (Fsp3) is 0.800. The molecule has 0 aromatic carbocycles. The van der Waals surface area contributed by atoms with Crippen molar-refractivity contribution >= 4 is 11.6 Å². The average Bonchev–Trinajstić information content (AvgIpc) is 2.87. The molecule has 0 aromatic heterocycles. The van der Waals surface area contributed by atoms with Crippen LogP contribution in [-0.4, -0.2) is 22.8 Å². The maximum absolute atomic E-state index is 13.2. The third-order valence-electron chi connectivity index (χ3n) is 8.06. The first-order chi connectivity index (χ1) is 10.6. The summed E-state index contributed by atoms with van der Waals surface area (Å²) in [6.45, 7) is 12.1. The molecule has 0 aromatic rings. The quantitative estimate of drug-likeness (QED) is 0.752. The Bertz CT molecular complexity index is 567. The van der Waals surface area contributed by atoms with Crippen molar-refractivity contribution in [1.29, 1.82) is 0 Å². The number of aliphatic hydroxyl groups is 1. The van der Waals surface area contributed by atoms with E-state index in [1.165, 1.54) is 0 Å². The number of hydrogen-bond acceptors (Lipinski definition) is 3. The Morgan fingerprint density at radius 2 is 1.87 bits per heavy atom. The number of rotatable bonds is 1. The lowest BCUT2D eigenvalue weighted by Gasteiger charge is -2.59. The van der Waals surface area contributed by atoms with E-state index in [9.17, 15) is 14.7 Å². The van der Waals surface area contributed by atoms with Crippen molar-refractivity contribution < 1.29 is 14.7 Å². The van der Waals surface area contributed by atoms with E-state index in [0.717, 1.165) is 19.3 Å². The first kappa shape index (κ1) is 16.9. The van der Waals surface area contributed by atoms with E-state index >= 15 is 0 Å². The molecule has 0 aliphatic heterocycles. The van der Waals surface area contributed by atoms with Gasteiger partial charge in [0, 0.05) is 29.1 Å². The highest BCUT2D eigenvalue weighted by Gasteiger charge is 2.67. The molecule has 0 amide bonds. The van der Waals surface area contributed by atoms with Crippen molar-refractivity contribution in [2.75, 3.05) is 0 Å². The Kier molecular flexibility index (Phi) is 3.68. The van der Waals surface area contributed by atoms with E-state index < -0.39 is 16.9 Å². The summed E-state index contributed by atoms with van der Waals surface area (Å²) in [6, 6.07) is 0. The third kappa shape index (κ3) is 1.92. The fourth-order valence-electron chi connectivity index (χ4n) is 6.15. The highest BCUT2D eigenvalue weighted by atomic mass is 16.3. The summed E-state index contributed by atoms with van der Waals surface area (Å²) in [7, 11) is 0. The Hall–Kier alpha value is -0.960. The molecule has 3 nitrogen and oxygen atoms in total. The van der Waals surface area contributed by atoms with Gasteiger partial charge in [-0.2, -0.15) is 0 Å². The van der Waals surface area contributed by atoms with Crippen LogP contribution >= 0.6 is 0 Å². The van der Waals surface area contributed by atoms with Crippen LogP contribution in [0.15, 0.2) is 12.7 Å². The van der Waals surface area contributed by atoms with E-state index in [-0.39, 0.29) is 34.7 Å². The number of aliphatic hydroxyl groups excluding tert-OH is 1. The predicted octanol–water partition coefficient (Wildman–Crippen LogP) is 3.55. The second-order valence-electron chi connectivity index (χ2n) is 8.87. The standard InChI is InChI=1S/C20H30O3/c1-6-18(4)11-15(22)19(5)12(2)7-9-20(13(3)17(18)23)10-8-14(21)16(19)20/h6,12-13,15-16,22H,1,7-11H2,2-5H3/t12?,13-,15+,16?,18+,19?,20?/m0/s1. The molecule has 0 saturated heterocycles. The first-order valence-electron chi connectivity index (χ1n) is 9.02. The molecule has 3 heteroatoms. The van der Waals surface area contributed by atoms with Crippen LogP contribution in [0, 0.1) is 34.0 Å². The van der Waals surface area contributed by atoms with Gasteiger partial charge >= 0.3 is 0 Å². The largest absolute Gasteiger partial charge is 0.392 e. The van der Waals surface area contributed by atoms with E-state index in [1.54, 1.807) is 6.08 Å². The van der Waals surface area contributed by atoms with Crippen molar-refractivity contribution in [2.24, 2.45) is 34.0 Å². The van der Waals surface area contributed by atoms with Gasteiger partial charge < -0.3 is 5.11 Å². The Balaban J connectivity index is 2.23. The van der Waals surface area contributed by atoms with Crippen molar-refractivity contribution in [1.82, 2.24) is 0 Å². The van der Waals surface area contributed by atoms with E-state index in [1.807, 2.05) is 13.8 Å². The zero-order valence-electron chi connectivity index (χ0n) is 14.9. The minimum Gasteiger partial charge on any atom is -0.392 e. The van der Waals surface area contributed by atoms with Crippen LogP contribution in [0.25, 0.3) is 0 Å². The summed E-state index contributed by atoms with van der Waals surface area (Å²) in [5.74, 6) is 0.373. The lowest BCUT2D eigenvalue weighted by Crippen LogP contribution is -2.61. The van der Waals surface area contributed by atoms with Gasteiger partial charge in [0.15, 0.2) is 0 Å². The molecule has 3 aliphatic carbocycles. The molecule has 0 spiro atoms. The van der Waals surface area contributed by atoms with Crippen LogP contribution < -0.4 is 0 Å². The van der Waals surface area contributed by atoms with Gasteiger partial charge in [0.1, 0.15) is 11.6 Å². The van der Waals surface area contributed by atoms with Gasteiger partial charge in [0.2, 0.25) is 0 Å². The summed E-state index contributed by atoms with van der Waals surface area (Å²) in [5.41, 5.74) is -1.41. The normalized spacial score (nSPS) is 53.4. The Morgan fingerprint density at radius 1 is 1.22 bits per heavy atom. The highest BCUT2D eigenvalue weighted by molar-refractivity contribution is 5.92. The summed E-state index contributed by atoms with van der Waals surface area (Å²) in [5, 5.41) is 11.1. The maximum Gasteiger partial charge on any atom is 0.145 e. The minimum absolute atomic E-state index is 0.152. The van der Waals surface area contributed by atoms with Crippen molar-refractivity contribution in [3.63, 3.8) is 0 Å².